The van der Waals surface area contributed by atoms with Crippen LogP contribution in [0.1, 0.15) is 0 Å². The molecule has 1 heterocycles. The monoisotopic (exact) mass is 326 g/mol. The van der Waals surface area contributed by atoms with Crippen molar-refractivity contribution in [2.75, 3.05) is 29.6 Å². The Bertz CT molecular complexity index is 732. The molecule has 0 radical (unpaired) electrons. The largest absolute Gasteiger partial charge is 0.399 e. The molecule has 0 spiro atoms. The van der Waals surface area contributed by atoms with Crippen LogP contribution in [0.25, 0.3) is 11.4 Å². The number of sulfone groups is 1. The lowest BCUT2D eigenvalue weighted by molar-refractivity contribution is 0.602. The lowest BCUT2D eigenvalue weighted by Crippen LogP contribution is -2.15. The number of anilines is 2. The van der Waals surface area contributed by atoms with Crippen molar-refractivity contribution in [3.05, 3.63) is 35.5 Å². The summed E-state index contributed by atoms with van der Waals surface area (Å²) in [4.78, 5) is 8.46. The van der Waals surface area contributed by atoms with Crippen molar-refractivity contribution < 1.29 is 8.42 Å². The Morgan fingerprint density at radius 2 is 1.90 bits per heavy atom. The van der Waals surface area contributed by atoms with Crippen LogP contribution >= 0.6 is 11.6 Å². The van der Waals surface area contributed by atoms with Crippen molar-refractivity contribution in [3.8, 4) is 11.4 Å². The van der Waals surface area contributed by atoms with Gasteiger partial charge in [0.2, 0.25) is 0 Å². The molecular weight excluding hydrogens is 312 g/mol. The Balaban J connectivity index is 2.19. The van der Waals surface area contributed by atoms with Gasteiger partial charge >= 0.3 is 0 Å². The summed E-state index contributed by atoms with van der Waals surface area (Å²) in [6.07, 6.45) is 1.18. The van der Waals surface area contributed by atoms with Gasteiger partial charge in [0.25, 0.3) is 0 Å². The lowest BCUT2D eigenvalue weighted by atomic mass is 10.2. The van der Waals surface area contributed by atoms with Crippen molar-refractivity contribution in [2.45, 2.75) is 0 Å². The standard InChI is InChI=1S/C13H15ClN4O2S/c1-21(19,20)7-6-16-12-8-11(14)17-13(18-12)9-2-4-10(15)5-3-9/h2-5,8H,6-7,15H2,1H3,(H,16,17,18). The number of nitrogen functional groups attached to an aromatic ring is 1. The van der Waals surface area contributed by atoms with E-state index in [-0.39, 0.29) is 17.5 Å². The average Bonchev–Trinajstić information content (AvgIpc) is 2.37. The van der Waals surface area contributed by atoms with Gasteiger partial charge in [-0.15, -0.1) is 0 Å². The van der Waals surface area contributed by atoms with Gasteiger partial charge in [-0.2, -0.15) is 0 Å². The second-order valence-corrected chi connectivity index (χ2v) is 7.23. The number of nitrogens with zero attached hydrogens (tertiary/aromatic N) is 2. The average molecular weight is 327 g/mol. The molecule has 0 amide bonds. The van der Waals surface area contributed by atoms with E-state index >= 15 is 0 Å². The number of benzene rings is 1. The maximum Gasteiger partial charge on any atom is 0.163 e. The number of hydrogen-bond donors (Lipinski definition) is 2. The van der Waals surface area contributed by atoms with Crippen molar-refractivity contribution in [1.29, 1.82) is 0 Å². The fourth-order valence-electron chi connectivity index (χ4n) is 1.63. The third kappa shape index (κ3) is 4.87. The fraction of sp³-hybridized carbons (Fsp3) is 0.231. The number of rotatable bonds is 5. The quantitative estimate of drug-likeness (QED) is 0.642. The summed E-state index contributed by atoms with van der Waals surface area (Å²) in [6.45, 7) is 0.257. The first kappa shape index (κ1) is 15.5. The van der Waals surface area contributed by atoms with Gasteiger partial charge in [-0.3, -0.25) is 0 Å². The van der Waals surface area contributed by atoms with Crippen LogP contribution in [0.4, 0.5) is 11.5 Å². The van der Waals surface area contributed by atoms with E-state index in [1.165, 1.54) is 6.26 Å². The minimum absolute atomic E-state index is 0.0197. The van der Waals surface area contributed by atoms with Crippen LogP contribution in [0.3, 0.4) is 0 Å². The Morgan fingerprint density at radius 3 is 2.52 bits per heavy atom. The first-order valence-electron chi connectivity index (χ1n) is 6.15. The molecule has 0 bridgehead atoms. The molecule has 0 saturated heterocycles. The Morgan fingerprint density at radius 1 is 1.24 bits per heavy atom. The normalized spacial score (nSPS) is 11.3. The van der Waals surface area contributed by atoms with E-state index in [0.717, 1.165) is 5.56 Å². The van der Waals surface area contributed by atoms with Gasteiger partial charge in [0, 0.05) is 30.1 Å². The predicted molar refractivity (Wildman–Crippen MR) is 85.1 cm³/mol. The van der Waals surface area contributed by atoms with Gasteiger partial charge in [-0.1, -0.05) is 11.6 Å². The number of nitrogens with two attached hydrogens (primary N) is 1. The van der Waals surface area contributed by atoms with Crippen molar-refractivity contribution in [1.82, 2.24) is 9.97 Å². The molecule has 3 N–H and O–H groups in total. The van der Waals surface area contributed by atoms with Crippen LogP contribution in [0.2, 0.25) is 5.15 Å². The lowest BCUT2D eigenvalue weighted by Gasteiger charge is -2.07. The second kappa shape index (κ2) is 6.28. The van der Waals surface area contributed by atoms with Crippen molar-refractivity contribution >= 4 is 32.9 Å². The number of halogens is 1. The Labute approximate surface area is 128 Å². The molecule has 0 aliphatic rings. The van der Waals surface area contributed by atoms with E-state index in [1.54, 1.807) is 30.3 Å². The molecule has 0 aliphatic heterocycles. The van der Waals surface area contributed by atoms with Gasteiger partial charge in [-0.05, 0) is 24.3 Å². The molecule has 21 heavy (non-hydrogen) atoms. The molecule has 0 saturated carbocycles. The zero-order valence-corrected chi connectivity index (χ0v) is 12.9. The summed E-state index contributed by atoms with van der Waals surface area (Å²) in [5, 5.41) is 3.20. The highest BCUT2D eigenvalue weighted by Crippen LogP contribution is 2.21. The minimum atomic E-state index is -3.02. The maximum absolute atomic E-state index is 11.1. The maximum atomic E-state index is 11.1. The molecule has 2 aromatic rings. The van der Waals surface area contributed by atoms with Crippen LogP contribution < -0.4 is 11.1 Å². The van der Waals surface area contributed by atoms with Crippen molar-refractivity contribution in [2.24, 2.45) is 0 Å². The first-order valence-corrected chi connectivity index (χ1v) is 8.59. The summed E-state index contributed by atoms with van der Waals surface area (Å²) >= 11 is 5.97. The van der Waals surface area contributed by atoms with Crippen LogP contribution in [-0.2, 0) is 9.84 Å². The van der Waals surface area contributed by atoms with Crippen LogP contribution in [-0.4, -0.2) is 36.9 Å². The molecular formula is C13H15ClN4O2S. The van der Waals surface area contributed by atoms with E-state index in [0.29, 0.717) is 17.3 Å². The van der Waals surface area contributed by atoms with E-state index in [2.05, 4.69) is 15.3 Å². The Kier molecular flexibility index (Phi) is 4.64. The summed E-state index contributed by atoms with van der Waals surface area (Å²) in [6, 6.07) is 8.62. The van der Waals surface area contributed by atoms with Gasteiger partial charge in [-0.25, -0.2) is 18.4 Å². The number of nitrogens with one attached hydrogen (secondary N) is 1. The summed E-state index contributed by atoms with van der Waals surface area (Å²) in [5.74, 6) is 0.945. The molecule has 8 heteroatoms. The number of hydrogen-bond acceptors (Lipinski definition) is 6. The topological polar surface area (TPSA) is 98.0 Å². The highest BCUT2D eigenvalue weighted by atomic mass is 35.5. The number of aromatic nitrogens is 2. The second-order valence-electron chi connectivity index (χ2n) is 4.58. The molecule has 112 valence electrons. The van der Waals surface area contributed by atoms with Crippen LogP contribution in [0.5, 0.6) is 0 Å². The van der Waals surface area contributed by atoms with E-state index < -0.39 is 9.84 Å². The first-order chi connectivity index (χ1) is 9.83. The third-order valence-electron chi connectivity index (χ3n) is 2.64. The predicted octanol–water partition coefficient (Wildman–Crippen LogP) is 1.84. The fourth-order valence-corrected chi connectivity index (χ4v) is 2.29. The molecule has 0 fully saturated rings. The molecule has 1 aromatic heterocycles. The van der Waals surface area contributed by atoms with Gasteiger partial charge in [0.1, 0.15) is 20.8 Å². The Hall–Kier alpha value is -1.86. The molecule has 6 nitrogen and oxygen atoms in total. The summed E-state index contributed by atoms with van der Waals surface area (Å²) < 4.78 is 22.2. The zero-order chi connectivity index (χ0) is 15.5. The van der Waals surface area contributed by atoms with Gasteiger partial charge in [0.15, 0.2) is 5.82 Å². The van der Waals surface area contributed by atoms with E-state index in [4.69, 9.17) is 17.3 Å². The summed E-state index contributed by atoms with van der Waals surface area (Å²) in [5.41, 5.74) is 7.06. The molecule has 2 rings (SSSR count). The van der Waals surface area contributed by atoms with Gasteiger partial charge < -0.3 is 11.1 Å². The smallest absolute Gasteiger partial charge is 0.163 e. The highest BCUT2D eigenvalue weighted by molar-refractivity contribution is 7.90. The van der Waals surface area contributed by atoms with Gasteiger partial charge in [0.05, 0.1) is 5.75 Å². The molecule has 1 aromatic carbocycles. The van der Waals surface area contributed by atoms with Crippen LogP contribution in [0, 0.1) is 0 Å². The third-order valence-corrected chi connectivity index (χ3v) is 3.78. The molecule has 0 unspecified atom stereocenters. The highest BCUT2D eigenvalue weighted by Gasteiger charge is 2.07. The van der Waals surface area contributed by atoms with Crippen LogP contribution in [0.15, 0.2) is 30.3 Å². The van der Waals surface area contributed by atoms with E-state index in [1.807, 2.05) is 0 Å². The SMILES string of the molecule is CS(=O)(=O)CCNc1cc(Cl)nc(-c2ccc(N)cc2)n1. The summed E-state index contributed by atoms with van der Waals surface area (Å²) in [7, 11) is -3.02. The zero-order valence-electron chi connectivity index (χ0n) is 11.4. The van der Waals surface area contributed by atoms with E-state index in [9.17, 15) is 8.42 Å². The molecule has 0 atom stereocenters. The molecule has 0 aliphatic carbocycles. The van der Waals surface area contributed by atoms with Crippen molar-refractivity contribution in [3.63, 3.8) is 0 Å². The minimum Gasteiger partial charge on any atom is -0.399 e.